The Hall–Kier alpha value is -3.93. The number of carbonyl (C=O) groups excluding carboxylic acids is 2. The summed E-state index contributed by atoms with van der Waals surface area (Å²) in [7, 11) is 0. The Kier molecular flexibility index (Phi) is 7.30. The summed E-state index contributed by atoms with van der Waals surface area (Å²) in [6.45, 7) is 5.79. The quantitative estimate of drug-likeness (QED) is 0.190. The van der Waals surface area contributed by atoms with Crippen molar-refractivity contribution >= 4 is 17.6 Å². The van der Waals surface area contributed by atoms with Gasteiger partial charge in [0.1, 0.15) is 5.41 Å². The topological polar surface area (TPSA) is 77.0 Å². The van der Waals surface area contributed by atoms with Crippen molar-refractivity contribution in [3.8, 4) is 0 Å². The molecule has 0 aliphatic carbocycles. The van der Waals surface area contributed by atoms with Gasteiger partial charge in [0.15, 0.2) is 6.10 Å². The molecule has 1 atom stereocenters. The van der Waals surface area contributed by atoms with E-state index in [1.54, 1.807) is 12.1 Å². The summed E-state index contributed by atoms with van der Waals surface area (Å²) >= 11 is 0. The first-order chi connectivity index (χ1) is 17.0. The molecule has 1 N–H and O–H groups in total. The molecule has 180 valence electrons. The molecule has 35 heavy (non-hydrogen) atoms. The summed E-state index contributed by atoms with van der Waals surface area (Å²) in [6.07, 6.45) is 0.454. The second-order valence-corrected chi connectivity index (χ2v) is 8.68. The van der Waals surface area contributed by atoms with Gasteiger partial charge in [0.05, 0.1) is 11.3 Å². The largest absolute Gasteiger partial charge is 0.449 e. The first-order valence-corrected chi connectivity index (χ1v) is 11.9. The van der Waals surface area contributed by atoms with Gasteiger partial charge in [-0.2, -0.15) is 0 Å². The minimum Gasteiger partial charge on any atom is -0.449 e. The summed E-state index contributed by atoms with van der Waals surface area (Å²) in [5, 5.41) is 7.01. The molecular weight excluding hydrogens is 440 g/mol. The van der Waals surface area contributed by atoms with Crippen LogP contribution in [0.5, 0.6) is 0 Å². The van der Waals surface area contributed by atoms with Gasteiger partial charge >= 0.3 is 5.97 Å². The van der Waals surface area contributed by atoms with Crippen molar-refractivity contribution in [3.63, 3.8) is 0 Å². The van der Waals surface area contributed by atoms with Gasteiger partial charge in [-0.25, -0.2) is 4.79 Å². The molecule has 1 fully saturated rings. The van der Waals surface area contributed by atoms with E-state index in [9.17, 15) is 9.59 Å². The molecule has 1 heterocycles. The number of amides is 1. The van der Waals surface area contributed by atoms with E-state index in [0.717, 1.165) is 16.7 Å². The molecule has 6 nitrogen and oxygen atoms in total. The first kappa shape index (κ1) is 24.2. The van der Waals surface area contributed by atoms with Gasteiger partial charge in [-0.1, -0.05) is 91.8 Å². The molecule has 1 aliphatic rings. The lowest BCUT2D eigenvalue weighted by molar-refractivity contribution is -0.175. The lowest BCUT2D eigenvalue weighted by atomic mass is 9.74. The molecule has 4 rings (SSSR count). The van der Waals surface area contributed by atoms with Crippen molar-refractivity contribution in [3.05, 3.63) is 107 Å². The van der Waals surface area contributed by atoms with E-state index in [-0.39, 0.29) is 5.91 Å². The number of esters is 1. The maximum atomic E-state index is 13.0. The Labute approximate surface area is 206 Å². The number of benzene rings is 3. The van der Waals surface area contributed by atoms with E-state index in [4.69, 9.17) is 9.57 Å². The van der Waals surface area contributed by atoms with Crippen molar-refractivity contribution in [1.82, 2.24) is 5.32 Å². The van der Waals surface area contributed by atoms with E-state index in [2.05, 4.69) is 10.5 Å². The van der Waals surface area contributed by atoms with Gasteiger partial charge in [-0.3, -0.25) is 4.79 Å². The molecule has 1 amide bonds. The summed E-state index contributed by atoms with van der Waals surface area (Å²) in [5.74, 6) is -0.402. The van der Waals surface area contributed by atoms with Crippen LogP contribution in [0.15, 0.2) is 90.1 Å². The van der Waals surface area contributed by atoms with Gasteiger partial charge in [0, 0.05) is 0 Å². The summed E-state index contributed by atoms with van der Waals surface area (Å²) in [6, 6.07) is 26.4. The molecule has 1 saturated heterocycles. The smallest absolute Gasteiger partial charge is 0.339 e. The van der Waals surface area contributed by atoms with Gasteiger partial charge < -0.3 is 14.9 Å². The molecule has 6 heteroatoms. The van der Waals surface area contributed by atoms with Crippen molar-refractivity contribution in [2.75, 3.05) is 0 Å². The average Bonchev–Trinajstić information content (AvgIpc) is 2.91. The number of oxime groups is 1. The van der Waals surface area contributed by atoms with Crippen LogP contribution in [-0.4, -0.2) is 23.8 Å². The number of hydrogen-bond acceptors (Lipinski definition) is 5. The zero-order chi connectivity index (χ0) is 24.8. The molecule has 3 aromatic rings. The van der Waals surface area contributed by atoms with Crippen LogP contribution in [-0.2, 0) is 14.4 Å². The molecule has 0 bridgehead atoms. The highest BCUT2D eigenvalue weighted by molar-refractivity contribution is 5.99. The van der Waals surface area contributed by atoms with Gasteiger partial charge in [-0.15, -0.1) is 0 Å². The minimum atomic E-state index is -0.522. The predicted octanol–water partition coefficient (Wildman–Crippen LogP) is 5.64. The average molecular weight is 471 g/mol. The Bertz CT molecular complexity index is 1150. The number of hydrogen-bond donors (Lipinski definition) is 1. The zero-order valence-electron chi connectivity index (χ0n) is 20.2. The van der Waals surface area contributed by atoms with Crippen LogP contribution in [0.25, 0.3) is 0 Å². The predicted molar refractivity (Wildman–Crippen MR) is 135 cm³/mol. The number of ether oxygens (including phenoxy) is 1. The van der Waals surface area contributed by atoms with Crippen LogP contribution in [0.4, 0.5) is 0 Å². The third kappa shape index (κ3) is 4.97. The van der Waals surface area contributed by atoms with E-state index >= 15 is 0 Å². The van der Waals surface area contributed by atoms with Crippen LogP contribution in [0, 0.1) is 5.41 Å². The number of nitrogens with zero attached hydrogens (tertiary/aromatic N) is 1. The van der Waals surface area contributed by atoms with Crippen LogP contribution in [0.1, 0.15) is 66.8 Å². The maximum Gasteiger partial charge on any atom is 0.339 e. The van der Waals surface area contributed by atoms with Crippen molar-refractivity contribution in [2.45, 2.75) is 45.9 Å². The lowest BCUT2D eigenvalue weighted by Crippen LogP contribution is -2.67. The Morgan fingerprint density at radius 2 is 1.40 bits per heavy atom. The van der Waals surface area contributed by atoms with Gasteiger partial charge in [0.25, 0.3) is 0 Å². The summed E-state index contributed by atoms with van der Waals surface area (Å²) in [5.41, 5.74) is 3.20. The van der Waals surface area contributed by atoms with E-state index in [1.807, 2.05) is 93.6 Å². The van der Waals surface area contributed by atoms with Crippen molar-refractivity contribution in [2.24, 2.45) is 10.6 Å². The fraction of sp³-hybridized carbons (Fsp3) is 0.276. The van der Waals surface area contributed by atoms with E-state index in [0.29, 0.717) is 24.1 Å². The van der Waals surface area contributed by atoms with Gasteiger partial charge in [0.2, 0.25) is 12.1 Å². The summed E-state index contributed by atoms with van der Waals surface area (Å²) < 4.78 is 5.93. The minimum absolute atomic E-state index is 0.00697. The molecule has 3 aromatic carbocycles. The fourth-order valence-corrected chi connectivity index (χ4v) is 4.30. The third-order valence-corrected chi connectivity index (χ3v) is 6.74. The summed E-state index contributed by atoms with van der Waals surface area (Å²) in [4.78, 5) is 30.7. The molecule has 1 aliphatic heterocycles. The molecule has 0 radical (unpaired) electrons. The molecule has 0 saturated carbocycles. The standard InChI is InChI=1S/C29H30N2O4/c1-4-29(5-2)27(33)30-28(29)35-31-20(3)21-16-18-24(19-17-21)26(32)34-25(22-12-8-6-9-13-22)23-14-10-7-11-15-23/h6-19,25,28H,4-5H2,1-3H3,(H,30,33)/b31-20+. The van der Waals surface area contributed by atoms with Crippen LogP contribution < -0.4 is 5.32 Å². The normalized spacial score (nSPS) is 16.9. The number of β-lactam (4-membered cyclic amide) rings is 1. The monoisotopic (exact) mass is 470 g/mol. The Balaban J connectivity index is 1.45. The van der Waals surface area contributed by atoms with E-state index in [1.165, 1.54) is 0 Å². The molecule has 0 aromatic heterocycles. The highest BCUT2D eigenvalue weighted by Crippen LogP contribution is 2.38. The number of nitrogens with one attached hydrogen (secondary N) is 1. The molecule has 1 unspecified atom stereocenters. The van der Waals surface area contributed by atoms with Crippen LogP contribution in [0.2, 0.25) is 0 Å². The second-order valence-electron chi connectivity index (χ2n) is 8.68. The number of rotatable bonds is 9. The Morgan fingerprint density at radius 3 is 1.89 bits per heavy atom. The zero-order valence-corrected chi connectivity index (χ0v) is 20.2. The van der Waals surface area contributed by atoms with Crippen molar-refractivity contribution < 1.29 is 19.2 Å². The third-order valence-electron chi connectivity index (χ3n) is 6.74. The van der Waals surface area contributed by atoms with Crippen LogP contribution >= 0.6 is 0 Å². The molecular formula is C29H30N2O4. The van der Waals surface area contributed by atoms with Crippen LogP contribution in [0.3, 0.4) is 0 Å². The fourth-order valence-electron chi connectivity index (χ4n) is 4.30. The highest BCUT2D eigenvalue weighted by atomic mass is 16.7. The number of carbonyl (C=O) groups is 2. The Morgan fingerprint density at radius 1 is 0.886 bits per heavy atom. The lowest BCUT2D eigenvalue weighted by Gasteiger charge is -2.45. The highest BCUT2D eigenvalue weighted by Gasteiger charge is 2.54. The van der Waals surface area contributed by atoms with Gasteiger partial charge in [-0.05, 0) is 48.6 Å². The first-order valence-electron chi connectivity index (χ1n) is 11.9. The van der Waals surface area contributed by atoms with Crippen molar-refractivity contribution in [1.29, 1.82) is 0 Å². The van der Waals surface area contributed by atoms with E-state index < -0.39 is 23.7 Å². The molecule has 0 spiro atoms. The second kappa shape index (κ2) is 10.6. The SMILES string of the molecule is CCC1(CC)C(=O)NC1O/N=C(\C)c1ccc(C(=O)OC(c2ccccc2)c2ccccc2)cc1. The maximum absolute atomic E-state index is 13.0.